The summed E-state index contributed by atoms with van der Waals surface area (Å²) in [6.45, 7) is 1.96. The van der Waals surface area contributed by atoms with E-state index >= 15 is 0 Å². The van der Waals surface area contributed by atoms with Crippen molar-refractivity contribution in [2.75, 3.05) is 0 Å². The van der Waals surface area contributed by atoms with Gasteiger partial charge in [-0.3, -0.25) is 5.10 Å². The third kappa shape index (κ3) is 1.60. The van der Waals surface area contributed by atoms with Crippen molar-refractivity contribution in [3.63, 3.8) is 0 Å². The zero-order chi connectivity index (χ0) is 11.5. The number of hydrogen-bond donors (Lipinski definition) is 3. The van der Waals surface area contributed by atoms with Gasteiger partial charge in [0.1, 0.15) is 0 Å². The SMILES string of the molecule is Cc1ccccc1-c1[nH]nnc1C(N)=NO. The number of oxime groups is 1. The monoisotopic (exact) mass is 217 g/mol. The zero-order valence-corrected chi connectivity index (χ0v) is 8.68. The van der Waals surface area contributed by atoms with Crippen LogP contribution in [0.1, 0.15) is 11.3 Å². The molecule has 0 saturated heterocycles. The summed E-state index contributed by atoms with van der Waals surface area (Å²) in [5.74, 6) is -0.0630. The van der Waals surface area contributed by atoms with Crippen molar-refractivity contribution in [2.24, 2.45) is 10.9 Å². The Hall–Kier alpha value is -2.37. The highest BCUT2D eigenvalue weighted by atomic mass is 16.4. The van der Waals surface area contributed by atoms with Gasteiger partial charge in [0.05, 0.1) is 5.69 Å². The van der Waals surface area contributed by atoms with Crippen LogP contribution >= 0.6 is 0 Å². The predicted molar refractivity (Wildman–Crippen MR) is 59.1 cm³/mol. The van der Waals surface area contributed by atoms with Gasteiger partial charge in [-0.1, -0.05) is 34.6 Å². The van der Waals surface area contributed by atoms with Crippen LogP contribution in [0, 0.1) is 6.92 Å². The fraction of sp³-hybridized carbons (Fsp3) is 0.100. The molecule has 4 N–H and O–H groups in total. The molecule has 0 radical (unpaired) electrons. The summed E-state index contributed by atoms with van der Waals surface area (Å²) in [5.41, 5.74) is 8.48. The fourth-order valence-electron chi connectivity index (χ4n) is 1.50. The Kier molecular flexibility index (Phi) is 2.55. The molecule has 2 rings (SSSR count). The zero-order valence-electron chi connectivity index (χ0n) is 8.68. The van der Waals surface area contributed by atoms with Crippen LogP contribution in [-0.4, -0.2) is 26.5 Å². The molecule has 0 fully saturated rings. The highest BCUT2D eigenvalue weighted by Crippen LogP contribution is 2.22. The molecule has 6 nitrogen and oxygen atoms in total. The van der Waals surface area contributed by atoms with Crippen molar-refractivity contribution >= 4 is 5.84 Å². The van der Waals surface area contributed by atoms with Crippen molar-refractivity contribution in [2.45, 2.75) is 6.92 Å². The van der Waals surface area contributed by atoms with E-state index in [1.807, 2.05) is 31.2 Å². The number of benzene rings is 1. The third-order valence-corrected chi connectivity index (χ3v) is 2.31. The summed E-state index contributed by atoms with van der Waals surface area (Å²) < 4.78 is 0. The van der Waals surface area contributed by atoms with Crippen molar-refractivity contribution < 1.29 is 5.21 Å². The van der Waals surface area contributed by atoms with Crippen molar-refractivity contribution in [1.82, 2.24) is 15.4 Å². The van der Waals surface area contributed by atoms with Crippen LogP contribution in [-0.2, 0) is 0 Å². The topological polar surface area (TPSA) is 100 Å². The Morgan fingerprint density at radius 1 is 1.44 bits per heavy atom. The number of aromatic amines is 1. The van der Waals surface area contributed by atoms with Crippen LogP contribution in [0.2, 0.25) is 0 Å². The number of nitrogens with two attached hydrogens (primary N) is 1. The molecule has 0 aliphatic rings. The lowest BCUT2D eigenvalue weighted by atomic mass is 10.0. The first-order valence-electron chi connectivity index (χ1n) is 4.69. The second-order valence-electron chi connectivity index (χ2n) is 3.34. The minimum Gasteiger partial charge on any atom is -0.409 e. The quantitative estimate of drug-likeness (QED) is 0.301. The Morgan fingerprint density at radius 3 is 2.88 bits per heavy atom. The number of amidine groups is 1. The smallest absolute Gasteiger partial charge is 0.192 e. The van der Waals surface area contributed by atoms with Crippen LogP contribution in [0.5, 0.6) is 0 Å². The number of H-pyrrole nitrogens is 1. The molecule has 6 heteroatoms. The number of nitrogens with zero attached hydrogens (tertiary/aromatic N) is 3. The minimum absolute atomic E-state index is 0.0630. The fourth-order valence-corrected chi connectivity index (χ4v) is 1.50. The molecule has 2 aromatic rings. The Balaban J connectivity index is 2.58. The van der Waals surface area contributed by atoms with Crippen LogP contribution in [0.4, 0.5) is 0 Å². The number of rotatable bonds is 2. The Morgan fingerprint density at radius 2 is 2.19 bits per heavy atom. The average molecular weight is 217 g/mol. The molecule has 82 valence electrons. The van der Waals surface area contributed by atoms with Crippen LogP contribution < -0.4 is 5.73 Å². The number of aromatic nitrogens is 3. The predicted octanol–water partition coefficient (Wildman–Crippen LogP) is 0.875. The van der Waals surface area contributed by atoms with Crippen LogP contribution in [0.15, 0.2) is 29.4 Å². The van der Waals surface area contributed by atoms with Gasteiger partial charge in [-0.25, -0.2) is 0 Å². The molecule has 0 amide bonds. The van der Waals surface area contributed by atoms with Gasteiger partial charge in [0.2, 0.25) is 0 Å². The van der Waals surface area contributed by atoms with Gasteiger partial charge in [-0.15, -0.1) is 5.10 Å². The summed E-state index contributed by atoms with van der Waals surface area (Å²) in [7, 11) is 0. The average Bonchev–Trinajstić information content (AvgIpc) is 2.77. The molecule has 0 spiro atoms. The van der Waals surface area contributed by atoms with Gasteiger partial charge in [-0.2, -0.15) is 0 Å². The molecule has 16 heavy (non-hydrogen) atoms. The normalized spacial score (nSPS) is 11.7. The molecule has 1 aromatic heterocycles. The van der Waals surface area contributed by atoms with Crippen LogP contribution in [0.3, 0.4) is 0 Å². The molecule has 0 unspecified atom stereocenters. The van der Waals surface area contributed by atoms with Gasteiger partial charge in [0.25, 0.3) is 0 Å². The molecule has 0 aliphatic carbocycles. The maximum Gasteiger partial charge on any atom is 0.192 e. The van der Waals surface area contributed by atoms with E-state index in [2.05, 4.69) is 20.6 Å². The largest absolute Gasteiger partial charge is 0.409 e. The minimum atomic E-state index is -0.0630. The number of nitrogens with one attached hydrogen (secondary N) is 1. The van der Waals surface area contributed by atoms with Gasteiger partial charge in [0.15, 0.2) is 11.5 Å². The lowest BCUT2D eigenvalue weighted by Gasteiger charge is -2.03. The second-order valence-corrected chi connectivity index (χ2v) is 3.34. The van der Waals surface area contributed by atoms with E-state index < -0.39 is 0 Å². The highest BCUT2D eigenvalue weighted by Gasteiger charge is 2.14. The molecule has 0 atom stereocenters. The first-order valence-corrected chi connectivity index (χ1v) is 4.69. The van der Waals surface area contributed by atoms with E-state index in [1.165, 1.54) is 0 Å². The van der Waals surface area contributed by atoms with E-state index in [1.54, 1.807) is 0 Å². The van der Waals surface area contributed by atoms with Crippen molar-refractivity contribution in [1.29, 1.82) is 0 Å². The lowest BCUT2D eigenvalue weighted by Crippen LogP contribution is -2.15. The number of aryl methyl sites for hydroxylation is 1. The summed E-state index contributed by atoms with van der Waals surface area (Å²) in [6, 6.07) is 7.72. The highest BCUT2D eigenvalue weighted by molar-refractivity contribution is 6.00. The maximum atomic E-state index is 8.63. The molecule has 1 heterocycles. The van der Waals surface area contributed by atoms with Crippen molar-refractivity contribution in [3.05, 3.63) is 35.5 Å². The van der Waals surface area contributed by atoms with E-state index in [4.69, 9.17) is 10.9 Å². The first kappa shape index (κ1) is 10.2. The van der Waals surface area contributed by atoms with Gasteiger partial charge in [-0.05, 0) is 12.5 Å². The molecule has 0 aliphatic heterocycles. The summed E-state index contributed by atoms with van der Waals surface area (Å²) in [5, 5.41) is 21.7. The van der Waals surface area contributed by atoms with Crippen LogP contribution in [0.25, 0.3) is 11.3 Å². The van der Waals surface area contributed by atoms with E-state index in [-0.39, 0.29) is 5.84 Å². The summed E-state index contributed by atoms with van der Waals surface area (Å²) >= 11 is 0. The molecule has 0 bridgehead atoms. The van der Waals surface area contributed by atoms with E-state index in [9.17, 15) is 0 Å². The first-order chi connectivity index (χ1) is 7.74. The molecular formula is C10H11N5O. The lowest BCUT2D eigenvalue weighted by molar-refractivity contribution is 0.318. The Labute approximate surface area is 91.8 Å². The Bertz CT molecular complexity index is 532. The maximum absolute atomic E-state index is 8.63. The van der Waals surface area contributed by atoms with E-state index in [0.29, 0.717) is 11.4 Å². The summed E-state index contributed by atoms with van der Waals surface area (Å²) in [6.07, 6.45) is 0. The van der Waals surface area contributed by atoms with Gasteiger partial charge < -0.3 is 10.9 Å². The molecular weight excluding hydrogens is 206 g/mol. The third-order valence-electron chi connectivity index (χ3n) is 2.31. The molecule has 1 aromatic carbocycles. The number of hydrogen-bond acceptors (Lipinski definition) is 4. The molecule has 0 saturated carbocycles. The van der Waals surface area contributed by atoms with Gasteiger partial charge >= 0.3 is 0 Å². The van der Waals surface area contributed by atoms with Crippen molar-refractivity contribution in [3.8, 4) is 11.3 Å². The van der Waals surface area contributed by atoms with Gasteiger partial charge in [0, 0.05) is 5.56 Å². The van der Waals surface area contributed by atoms with E-state index in [0.717, 1.165) is 11.1 Å². The summed E-state index contributed by atoms with van der Waals surface area (Å²) in [4.78, 5) is 0. The standard InChI is InChI=1S/C10H11N5O/c1-6-4-2-3-5-7(6)8-9(10(11)14-16)13-15-12-8/h2-5,16H,1H3,(H2,11,14)(H,12,13,15). The second kappa shape index (κ2) is 4.01.